The molecular formula is C25H23NO5. The molecule has 0 radical (unpaired) electrons. The van der Waals surface area contributed by atoms with Crippen molar-refractivity contribution in [2.24, 2.45) is 0 Å². The van der Waals surface area contributed by atoms with Crippen molar-refractivity contribution in [3.63, 3.8) is 0 Å². The number of aliphatic hydroxyl groups excluding tert-OH is 1. The number of hydrogen-bond acceptors (Lipinski definition) is 6. The van der Waals surface area contributed by atoms with Crippen molar-refractivity contribution in [1.29, 1.82) is 0 Å². The average Bonchev–Trinajstić information content (AvgIpc) is 2.78. The number of carbonyl (C=O) groups is 2. The summed E-state index contributed by atoms with van der Waals surface area (Å²) in [6.45, 7) is 1.98. The van der Waals surface area contributed by atoms with Gasteiger partial charge in [0.25, 0.3) is 0 Å². The maximum absolute atomic E-state index is 13.1. The van der Waals surface area contributed by atoms with Crippen molar-refractivity contribution in [1.82, 2.24) is 4.90 Å². The molecule has 6 nitrogen and oxygen atoms in total. The monoisotopic (exact) mass is 417 g/mol. The second-order valence-electron chi connectivity index (χ2n) is 7.37. The molecule has 1 aliphatic rings. The van der Waals surface area contributed by atoms with Gasteiger partial charge in [-0.3, -0.25) is 14.5 Å². The van der Waals surface area contributed by atoms with Crippen LogP contribution in [0.25, 0.3) is 0 Å². The van der Waals surface area contributed by atoms with Gasteiger partial charge in [0.15, 0.2) is 5.78 Å². The van der Waals surface area contributed by atoms with E-state index in [1.54, 1.807) is 30.3 Å². The first-order valence-corrected chi connectivity index (χ1v) is 10.1. The molecule has 0 saturated heterocycles. The fourth-order valence-electron chi connectivity index (χ4n) is 3.85. The lowest BCUT2D eigenvalue weighted by Crippen LogP contribution is -2.31. The third-order valence-corrected chi connectivity index (χ3v) is 5.34. The molecule has 0 heterocycles. The summed E-state index contributed by atoms with van der Waals surface area (Å²) in [7, 11) is 0. The Bertz CT molecular complexity index is 1110. The molecule has 3 aromatic rings. The number of rotatable bonds is 8. The molecule has 0 amide bonds. The van der Waals surface area contributed by atoms with E-state index in [0.717, 1.165) is 5.56 Å². The zero-order valence-electron chi connectivity index (χ0n) is 17.0. The number of ether oxygens (including phenoxy) is 1. The molecule has 0 saturated carbocycles. The number of aliphatic hydroxyl groups is 1. The van der Waals surface area contributed by atoms with Gasteiger partial charge in [0, 0.05) is 30.8 Å². The van der Waals surface area contributed by atoms with Crippen LogP contribution in [0.1, 0.15) is 37.4 Å². The van der Waals surface area contributed by atoms with Gasteiger partial charge in [0.05, 0.1) is 17.7 Å². The van der Waals surface area contributed by atoms with E-state index in [-0.39, 0.29) is 47.0 Å². The second-order valence-corrected chi connectivity index (χ2v) is 7.37. The minimum atomic E-state index is -0.421. The summed E-state index contributed by atoms with van der Waals surface area (Å²) in [6.07, 6.45) is 0. The number of fused-ring (bicyclic) bond motifs is 2. The summed E-state index contributed by atoms with van der Waals surface area (Å²) in [5.41, 5.74) is 1.80. The Morgan fingerprint density at radius 3 is 2.23 bits per heavy atom. The molecule has 31 heavy (non-hydrogen) atoms. The lowest BCUT2D eigenvalue weighted by Gasteiger charge is -2.23. The predicted octanol–water partition coefficient (Wildman–Crippen LogP) is 3.04. The normalized spacial score (nSPS) is 12.6. The molecule has 158 valence electrons. The molecule has 0 spiro atoms. The first-order valence-electron chi connectivity index (χ1n) is 10.1. The van der Waals surface area contributed by atoms with Crippen LogP contribution >= 0.6 is 0 Å². The highest BCUT2D eigenvalue weighted by Crippen LogP contribution is 2.36. The fourth-order valence-corrected chi connectivity index (χ4v) is 3.85. The Morgan fingerprint density at radius 2 is 1.48 bits per heavy atom. The molecule has 0 unspecified atom stereocenters. The maximum atomic E-state index is 13.1. The van der Waals surface area contributed by atoms with Crippen LogP contribution in [0.15, 0.2) is 66.7 Å². The summed E-state index contributed by atoms with van der Waals surface area (Å²) >= 11 is 0. The third kappa shape index (κ3) is 4.21. The molecule has 0 atom stereocenters. The van der Waals surface area contributed by atoms with Crippen LogP contribution in [0.2, 0.25) is 0 Å². The predicted molar refractivity (Wildman–Crippen MR) is 116 cm³/mol. The van der Waals surface area contributed by atoms with E-state index in [1.165, 1.54) is 6.07 Å². The van der Waals surface area contributed by atoms with Crippen LogP contribution in [0.4, 0.5) is 0 Å². The Hall–Kier alpha value is -3.48. The number of phenols is 1. The molecule has 0 fully saturated rings. The summed E-state index contributed by atoms with van der Waals surface area (Å²) in [4.78, 5) is 28.0. The number of benzene rings is 3. The van der Waals surface area contributed by atoms with E-state index >= 15 is 0 Å². The van der Waals surface area contributed by atoms with Crippen molar-refractivity contribution in [2.75, 3.05) is 26.3 Å². The molecule has 0 bridgehead atoms. The molecule has 4 rings (SSSR count). The fraction of sp³-hybridized carbons (Fsp3) is 0.200. The average molecular weight is 417 g/mol. The molecule has 0 aliphatic heterocycles. The standard InChI is InChI=1S/C25H23NO5/c27-14-12-26(16-17-6-2-1-3-7-17)13-15-31-21-11-5-9-19-23(21)25(30)22-18(24(19)29)8-4-10-20(22)28/h1-11,27-28H,12-16H2. The molecule has 1 aliphatic carbocycles. The van der Waals surface area contributed by atoms with Gasteiger partial charge in [-0.15, -0.1) is 0 Å². The van der Waals surface area contributed by atoms with E-state index in [0.29, 0.717) is 25.4 Å². The van der Waals surface area contributed by atoms with Crippen LogP contribution in [-0.4, -0.2) is 53.0 Å². The topological polar surface area (TPSA) is 87.1 Å². The van der Waals surface area contributed by atoms with Crippen LogP contribution in [-0.2, 0) is 6.54 Å². The number of nitrogens with zero attached hydrogens (tertiary/aromatic N) is 1. The van der Waals surface area contributed by atoms with E-state index in [9.17, 15) is 19.8 Å². The highest BCUT2D eigenvalue weighted by molar-refractivity contribution is 6.30. The van der Waals surface area contributed by atoms with E-state index < -0.39 is 5.78 Å². The Morgan fingerprint density at radius 1 is 0.774 bits per heavy atom. The zero-order chi connectivity index (χ0) is 21.8. The molecule has 0 aromatic heterocycles. The van der Waals surface area contributed by atoms with Crippen molar-refractivity contribution < 1.29 is 24.5 Å². The summed E-state index contributed by atoms with van der Waals surface area (Å²) in [5, 5.41) is 19.5. The molecular weight excluding hydrogens is 394 g/mol. The van der Waals surface area contributed by atoms with Crippen LogP contribution in [0.3, 0.4) is 0 Å². The van der Waals surface area contributed by atoms with E-state index in [4.69, 9.17) is 4.74 Å². The first kappa shape index (κ1) is 20.8. The van der Waals surface area contributed by atoms with E-state index in [2.05, 4.69) is 4.90 Å². The number of phenolic OH excluding ortho intramolecular Hbond substituents is 1. The number of carbonyl (C=O) groups excluding carboxylic acids is 2. The Labute approximate surface area is 180 Å². The first-order chi connectivity index (χ1) is 15.1. The summed E-state index contributed by atoms with van der Waals surface area (Å²) < 4.78 is 5.91. The molecule has 6 heteroatoms. The highest BCUT2D eigenvalue weighted by Gasteiger charge is 2.34. The van der Waals surface area contributed by atoms with Crippen molar-refractivity contribution in [2.45, 2.75) is 6.54 Å². The molecule has 3 aromatic carbocycles. The smallest absolute Gasteiger partial charge is 0.201 e. The van der Waals surface area contributed by atoms with Gasteiger partial charge in [-0.1, -0.05) is 54.6 Å². The SMILES string of the molecule is O=C1c2cccc(O)c2C(=O)c2c(OCCN(CCO)Cc3ccccc3)cccc21. The van der Waals surface area contributed by atoms with Gasteiger partial charge < -0.3 is 14.9 Å². The zero-order valence-corrected chi connectivity index (χ0v) is 17.0. The van der Waals surface area contributed by atoms with Gasteiger partial charge in [-0.2, -0.15) is 0 Å². The van der Waals surface area contributed by atoms with Crippen LogP contribution in [0.5, 0.6) is 11.5 Å². The van der Waals surface area contributed by atoms with Gasteiger partial charge in [0.1, 0.15) is 18.1 Å². The Kier molecular flexibility index (Phi) is 6.11. The van der Waals surface area contributed by atoms with Crippen molar-refractivity contribution in [3.05, 3.63) is 94.5 Å². The quantitative estimate of drug-likeness (QED) is 0.458. The largest absolute Gasteiger partial charge is 0.507 e. The summed E-state index contributed by atoms with van der Waals surface area (Å²) in [5.74, 6) is -0.631. The summed E-state index contributed by atoms with van der Waals surface area (Å²) in [6, 6.07) is 19.4. The van der Waals surface area contributed by atoms with Gasteiger partial charge >= 0.3 is 0 Å². The minimum Gasteiger partial charge on any atom is -0.507 e. The molecule has 2 N–H and O–H groups in total. The number of hydrogen-bond donors (Lipinski definition) is 2. The number of ketones is 2. The third-order valence-electron chi connectivity index (χ3n) is 5.34. The lowest BCUT2D eigenvalue weighted by atomic mass is 9.83. The van der Waals surface area contributed by atoms with Crippen LogP contribution in [0, 0.1) is 0 Å². The van der Waals surface area contributed by atoms with Gasteiger partial charge in [-0.25, -0.2) is 0 Å². The van der Waals surface area contributed by atoms with E-state index in [1.807, 2.05) is 30.3 Å². The van der Waals surface area contributed by atoms with Gasteiger partial charge in [0.2, 0.25) is 5.78 Å². The van der Waals surface area contributed by atoms with Crippen molar-refractivity contribution >= 4 is 11.6 Å². The second kappa shape index (κ2) is 9.12. The van der Waals surface area contributed by atoms with Crippen molar-refractivity contribution in [3.8, 4) is 11.5 Å². The minimum absolute atomic E-state index is 0.0158. The lowest BCUT2D eigenvalue weighted by molar-refractivity contribution is 0.0972. The Balaban J connectivity index is 1.52. The van der Waals surface area contributed by atoms with Gasteiger partial charge in [-0.05, 0) is 17.7 Å². The maximum Gasteiger partial charge on any atom is 0.201 e. The highest BCUT2D eigenvalue weighted by atomic mass is 16.5. The number of aromatic hydroxyl groups is 1. The van der Waals surface area contributed by atoms with Crippen LogP contribution < -0.4 is 4.74 Å².